The van der Waals surface area contributed by atoms with E-state index in [1.165, 1.54) is 0 Å². The monoisotopic (exact) mass is 211 g/mol. The SMILES string of the molecule is CCC(C)C(O)CNCc1nccn1C. The van der Waals surface area contributed by atoms with Crippen LogP contribution >= 0.6 is 0 Å². The van der Waals surface area contributed by atoms with Gasteiger partial charge in [0.2, 0.25) is 0 Å². The van der Waals surface area contributed by atoms with Crippen LogP contribution in [0.15, 0.2) is 12.4 Å². The molecular weight excluding hydrogens is 190 g/mol. The molecule has 2 unspecified atom stereocenters. The van der Waals surface area contributed by atoms with Gasteiger partial charge >= 0.3 is 0 Å². The summed E-state index contributed by atoms with van der Waals surface area (Å²) in [5.41, 5.74) is 0. The fraction of sp³-hybridized carbons (Fsp3) is 0.727. The van der Waals surface area contributed by atoms with Gasteiger partial charge in [0.05, 0.1) is 12.6 Å². The lowest BCUT2D eigenvalue weighted by molar-refractivity contribution is 0.112. The standard InChI is InChI=1S/C11H21N3O/c1-4-9(2)10(15)7-12-8-11-13-5-6-14(11)3/h5-6,9-10,12,15H,4,7-8H2,1-3H3. The molecule has 2 N–H and O–H groups in total. The van der Waals surface area contributed by atoms with E-state index in [1.54, 1.807) is 6.20 Å². The molecule has 1 aromatic rings. The molecule has 0 saturated carbocycles. The first-order valence-corrected chi connectivity index (χ1v) is 5.50. The lowest BCUT2D eigenvalue weighted by atomic mass is 10.0. The van der Waals surface area contributed by atoms with Crippen molar-refractivity contribution >= 4 is 0 Å². The third-order valence-electron chi connectivity index (χ3n) is 2.86. The van der Waals surface area contributed by atoms with E-state index in [0.717, 1.165) is 12.2 Å². The van der Waals surface area contributed by atoms with Crippen molar-refractivity contribution in [2.75, 3.05) is 6.54 Å². The first-order valence-electron chi connectivity index (χ1n) is 5.50. The van der Waals surface area contributed by atoms with Crippen molar-refractivity contribution in [3.63, 3.8) is 0 Å². The summed E-state index contributed by atoms with van der Waals surface area (Å²) in [6.07, 6.45) is 4.44. The predicted molar refractivity (Wildman–Crippen MR) is 60.4 cm³/mol. The number of hydrogen-bond donors (Lipinski definition) is 2. The average Bonchev–Trinajstić information content (AvgIpc) is 2.63. The second kappa shape index (κ2) is 5.88. The van der Waals surface area contributed by atoms with Crippen LogP contribution in [-0.4, -0.2) is 27.3 Å². The highest BCUT2D eigenvalue weighted by molar-refractivity contribution is 4.90. The molecule has 0 fully saturated rings. The lowest BCUT2D eigenvalue weighted by Crippen LogP contribution is -2.31. The van der Waals surface area contributed by atoms with Gasteiger partial charge in [0.1, 0.15) is 5.82 Å². The molecular formula is C11H21N3O. The van der Waals surface area contributed by atoms with Crippen LogP contribution in [0.1, 0.15) is 26.1 Å². The quantitative estimate of drug-likeness (QED) is 0.735. The number of nitrogens with zero attached hydrogens (tertiary/aromatic N) is 2. The Labute approximate surface area is 91.3 Å². The van der Waals surface area contributed by atoms with E-state index in [9.17, 15) is 5.11 Å². The van der Waals surface area contributed by atoms with Crippen molar-refractivity contribution in [3.05, 3.63) is 18.2 Å². The number of hydrogen-bond acceptors (Lipinski definition) is 3. The molecule has 0 aliphatic rings. The van der Waals surface area contributed by atoms with Crippen LogP contribution in [0, 0.1) is 5.92 Å². The van der Waals surface area contributed by atoms with Crippen molar-refractivity contribution < 1.29 is 5.11 Å². The fourth-order valence-corrected chi connectivity index (χ4v) is 1.37. The van der Waals surface area contributed by atoms with E-state index in [4.69, 9.17) is 0 Å². The van der Waals surface area contributed by atoms with Crippen LogP contribution < -0.4 is 5.32 Å². The summed E-state index contributed by atoms with van der Waals surface area (Å²) in [6, 6.07) is 0. The van der Waals surface area contributed by atoms with E-state index in [-0.39, 0.29) is 6.10 Å². The van der Waals surface area contributed by atoms with Gasteiger partial charge in [-0.2, -0.15) is 0 Å². The minimum atomic E-state index is -0.268. The Morgan fingerprint density at radius 1 is 1.60 bits per heavy atom. The molecule has 0 spiro atoms. The van der Waals surface area contributed by atoms with Crippen LogP contribution in [0.2, 0.25) is 0 Å². The Morgan fingerprint density at radius 2 is 2.33 bits per heavy atom. The molecule has 1 aromatic heterocycles. The average molecular weight is 211 g/mol. The second-order valence-corrected chi connectivity index (χ2v) is 4.04. The Bertz CT molecular complexity index is 285. The van der Waals surface area contributed by atoms with Gasteiger partial charge in [-0.25, -0.2) is 4.98 Å². The van der Waals surface area contributed by atoms with E-state index in [0.29, 0.717) is 19.0 Å². The summed E-state index contributed by atoms with van der Waals surface area (Å²) in [4.78, 5) is 4.20. The third-order valence-corrected chi connectivity index (χ3v) is 2.86. The van der Waals surface area contributed by atoms with Gasteiger partial charge in [-0.3, -0.25) is 0 Å². The van der Waals surface area contributed by atoms with Gasteiger partial charge in [0, 0.05) is 26.0 Å². The Hall–Kier alpha value is -0.870. The van der Waals surface area contributed by atoms with Crippen LogP contribution in [0.5, 0.6) is 0 Å². The minimum Gasteiger partial charge on any atom is -0.392 e. The molecule has 0 aliphatic heterocycles. The molecule has 86 valence electrons. The van der Waals surface area contributed by atoms with Gasteiger partial charge in [0.25, 0.3) is 0 Å². The molecule has 1 rings (SSSR count). The molecule has 2 atom stereocenters. The summed E-state index contributed by atoms with van der Waals surface area (Å²) in [7, 11) is 1.97. The highest BCUT2D eigenvalue weighted by Gasteiger charge is 2.11. The zero-order valence-corrected chi connectivity index (χ0v) is 9.77. The number of aryl methyl sites for hydroxylation is 1. The van der Waals surface area contributed by atoms with Crippen molar-refractivity contribution in [1.29, 1.82) is 0 Å². The first kappa shape index (κ1) is 12.2. The van der Waals surface area contributed by atoms with E-state index in [2.05, 4.69) is 24.1 Å². The number of aromatic nitrogens is 2. The minimum absolute atomic E-state index is 0.268. The molecule has 4 nitrogen and oxygen atoms in total. The second-order valence-electron chi connectivity index (χ2n) is 4.04. The molecule has 4 heteroatoms. The predicted octanol–water partition coefficient (Wildman–Crippen LogP) is 0.917. The molecule has 0 bridgehead atoms. The third kappa shape index (κ3) is 3.64. The topological polar surface area (TPSA) is 50.1 Å². The van der Waals surface area contributed by atoms with E-state index in [1.807, 2.05) is 17.8 Å². The summed E-state index contributed by atoms with van der Waals surface area (Å²) >= 11 is 0. The number of aliphatic hydroxyl groups is 1. The van der Waals surface area contributed by atoms with Crippen molar-refractivity contribution in [2.24, 2.45) is 13.0 Å². The first-order chi connectivity index (χ1) is 7.15. The zero-order valence-electron chi connectivity index (χ0n) is 9.77. The number of aliphatic hydroxyl groups excluding tert-OH is 1. The molecule has 0 aliphatic carbocycles. The molecule has 0 aromatic carbocycles. The maximum atomic E-state index is 9.73. The van der Waals surface area contributed by atoms with Crippen molar-refractivity contribution in [3.8, 4) is 0 Å². The smallest absolute Gasteiger partial charge is 0.122 e. The molecule has 0 amide bonds. The molecule has 0 radical (unpaired) electrons. The Kier molecular flexibility index (Phi) is 4.78. The fourth-order valence-electron chi connectivity index (χ4n) is 1.37. The van der Waals surface area contributed by atoms with Crippen LogP contribution in [0.4, 0.5) is 0 Å². The summed E-state index contributed by atoms with van der Waals surface area (Å²) in [5.74, 6) is 1.34. The van der Waals surface area contributed by atoms with Gasteiger partial charge < -0.3 is 15.0 Å². The van der Waals surface area contributed by atoms with E-state index >= 15 is 0 Å². The summed E-state index contributed by atoms with van der Waals surface area (Å²) in [5, 5.41) is 12.9. The summed E-state index contributed by atoms with van der Waals surface area (Å²) in [6.45, 7) is 5.48. The number of imidazole rings is 1. The lowest BCUT2D eigenvalue weighted by Gasteiger charge is -2.17. The van der Waals surface area contributed by atoms with Crippen LogP contribution in [0.25, 0.3) is 0 Å². The summed E-state index contributed by atoms with van der Waals surface area (Å²) < 4.78 is 1.97. The maximum Gasteiger partial charge on any atom is 0.122 e. The van der Waals surface area contributed by atoms with Gasteiger partial charge in [-0.15, -0.1) is 0 Å². The van der Waals surface area contributed by atoms with E-state index < -0.39 is 0 Å². The highest BCUT2D eigenvalue weighted by Crippen LogP contribution is 2.06. The van der Waals surface area contributed by atoms with Crippen molar-refractivity contribution in [2.45, 2.75) is 32.9 Å². The zero-order chi connectivity index (χ0) is 11.3. The molecule has 0 saturated heterocycles. The van der Waals surface area contributed by atoms with Gasteiger partial charge in [-0.1, -0.05) is 20.3 Å². The number of nitrogens with one attached hydrogen (secondary N) is 1. The molecule has 15 heavy (non-hydrogen) atoms. The number of rotatable bonds is 6. The van der Waals surface area contributed by atoms with Crippen molar-refractivity contribution in [1.82, 2.24) is 14.9 Å². The largest absolute Gasteiger partial charge is 0.392 e. The Morgan fingerprint density at radius 3 is 2.87 bits per heavy atom. The van der Waals surface area contributed by atoms with Gasteiger partial charge in [0.15, 0.2) is 0 Å². The normalized spacial score (nSPS) is 15.2. The molecule has 1 heterocycles. The Balaban J connectivity index is 2.25. The van der Waals surface area contributed by atoms with Crippen LogP contribution in [0.3, 0.4) is 0 Å². The highest BCUT2D eigenvalue weighted by atomic mass is 16.3. The van der Waals surface area contributed by atoms with Gasteiger partial charge in [-0.05, 0) is 5.92 Å². The maximum absolute atomic E-state index is 9.73. The van der Waals surface area contributed by atoms with Crippen LogP contribution in [-0.2, 0) is 13.6 Å².